The molecule has 130 valence electrons. The van der Waals surface area contributed by atoms with Crippen LogP contribution in [0.5, 0.6) is 0 Å². The van der Waals surface area contributed by atoms with E-state index < -0.39 is 0 Å². The largest absolute Gasteiger partial charge is 0.379 e. The Morgan fingerprint density at radius 3 is 2.83 bits per heavy atom. The van der Waals surface area contributed by atoms with Crippen LogP contribution in [0.25, 0.3) is 0 Å². The van der Waals surface area contributed by atoms with Crippen LogP contribution in [-0.4, -0.2) is 98.4 Å². The molecule has 4 amide bonds. The molecule has 3 heterocycles. The van der Waals surface area contributed by atoms with Gasteiger partial charge in [0.15, 0.2) is 0 Å². The smallest absolute Gasteiger partial charge is 0.317 e. The van der Waals surface area contributed by atoms with Gasteiger partial charge < -0.3 is 25.2 Å². The summed E-state index contributed by atoms with van der Waals surface area (Å²) in [4.78, 5) is 30.1. The Balaban J connectivity index is 1.40. The van der Waals surface area contributed by atoms with E-state index in [1.165, 1.54) is 0 Å². The maximum Gasteiger partial charge on any atom is 0.317 e. The SMILES string of the molecule is O=C(NCCN1CCOCC1)N1CCC[C@@H](N2CCNC2=O)C1. The molecule has 0 radical (unpaired) electrons. The summed E-state index contributed by atoms with van der Waals surface area (Å²) < 4.78 is 5.32. The highest BCUT2D eigenvalue weighted by atomic mass is 16.5. The number of piperidine rings is 1. The minimum Gasteiger partial charge on any atom is -0.379 e. The molecule has 3 rings (SSSR count). The molecule has 3 aliphatic rings. The summed E-state index contributed by atoms with van der Waals surface area (Å²) >= 11 is 0. The molecule has 0 aromatic carbocycles. The second-order valence-electron chi connectivity index (χ2n) is 6.35. The zero-order chi connectivity index (χ0) is 16.1. The minimum atomic E-state index is -0.0115. The van der Waals surface area contributed by atoms with Crippen LogP contribution in [0.1, 0.15) is 12.8 Å². The molecule has 3 aliphatic heterocycles. The van der Waals surface area contributed by atoms with E-state index in [-0.39, 0.29) is 18.1 Å². The first-order valence-electron chi connectivity index (χ1n) is 8.61. The Hall–Kier alpha value is -1.54. The van der Waals surface area contributed by atoms with Gasteiger partial charge in [0.05, 0.1) is 19.3 Å². The van der Waals surface area contributed by atoms with Crippen molar-refractivity contribution in [2.75, 3.05) is 65.6 Å². The summed E-state index contributed by atoms with van der Waals surface area (Å²) in [6.07, 6.45) is 1.93. The van der Waals surface area contributed by atoms with E-state index in [1.807, 2.05) is 9.80 Å². The Kier molecular flexibility index (Phi) is 5.56. The number of morpholine rings is 1. The Bertz CT molecular complexity index is 427. The van der Waals surface area contributed by atoms with Crippen LogP contribution in [0.2, 0.25) is 0 Å². The lowest BCUT2D eigenvalue weighted by atomic mass is 10.0. The van der Waals surface area contributed by atoms with Crippen molar-refractivity contribution >= 4 is 12.1 Å². The first-order valence-corrected chi connectivity index (χ1v) is 8.61. The van der Waals surface area contributed by atoms with E-state index in [4.69, 9.17) is 4.74 Å². The number of carbonyl (C=O) groups is 2. The van der Waals surface area contributed by atoms with Crippen molar-refractivity contribution < 1.29 is 14.3 Å². The molecule has 8 nitrogen and oxygen atoms in total. The molecule has 8 heteroatoms. The van der Waals surface area contributed by atoms with Crippen LogP contribution in [0.3, 0.4) is 0 Å². The molecule has 0 saturated carbocycles. The van der Waals surface area contributed by atoms with Gasteiger partial charge in [-0.2, -0.15) is 0 Å². The average molecular weight is 325 g/mol. The summed E-state index contributed by atoms with van der Waals surface area (Å²) in [7, 11) is 0. The maximum atomic E-state index is 12.3. The first kappa shape index (κ1) is 16.3. The van der Waals surface area contributed by atoms with Crippen molar-refractivity contribution in [1.29, 1.82) is 0 Å². The third kappa shape index (κ3) is 4.26. The molecule has 3 fully saturated rings. The van der Waals surface area contributed by atoms with Gasteiger partial charge in [0.1, 0.15) is 0 Å². The molecule has 0 aromatic rings. The van der Waals surface area contributed by atoms with Gasteiger partial charge in [-0.3, -0.25) is 4.90 Å². The number of urea groups is 2. The number of carbonyl (C=O) groups excluding carboxylic acids is 2. The van der Waals surface area contributed by atoms with Gasteiger partial charge in [0.2, 0.25) is 0 Å². The monoisotopic (exact) mass is 325 g/mol. The number of nitrogens with one attached hydrogen (secondary N) is 2. The van der Waals surface area contributed by atoms with Gasteiger partial charge in [0.25, 0.3) is 0 Å². The highest BCUT2D eigenvalue weighted by Gasteiger charge is 2.32. The lowest BCUT2D eigenvalue weighted by Crippen LogP contribution is -2.53. The molecule has 0 aromatic heterocycles. The highest BCUT2D eigenvalue weighted by molar-refractivity contribution is 5.77. The normalized spacial score (nSPS) is 26.3. The third-order valence-corrected chi connectivity index (χ3v) is 4.82. The summed E-state index contributed by atoms with van der Waals surface area (Å²) in [5.74, 6) is 0. The molecule has 0 aliphatic carbocycles. The van der Waals surface area contributed by atoms with E-state index in [0.717, 1.165) is 58.8 Å². The fraction of sp³-hybridized carbons (Fsp3) is 0.867. The number of likely N-dealkylation sites (tertiary alicyclic amines) is 1. The number of ether oxygens (including phenoxy) is 1. The van der Waals surface area contributed by atoms with Crippen LogP contribution in [-0.2, 0) is 4.74 Å². The molecule has 0 bridgehead atoms. The van der Waals surface area contributed by atoms with Crippen LogP contribution in [0.15, 0.2) is 0 Å². The van der Waals surface area contributed by atoms with Crippen LogP contribution in [0, 0.1) is 0 Å². The standard InChI is InChI=1S/C15H27N5O3/c21-14(16-3-6-18-8-10-23-11-9-18)19-5-1-2-13(12-19)20-7-4-17-15(20)22/h13H,1-12H2,(H,16,21)(H,17,22)/t13-/m1/s1. The number of nitrogens with zero attached hydrogens (tertiary/aromatic N) is 3. The second-order valence-corrected chi connectivity index (χ2v) is 6.35. The first-order chi connectivity index (χ1) is 11.2. The summed E-state index contributed by atoms with van der Waals surface area (Å²) in [6.45, 7) is 7.81. The molecule has 0 spiro atoms. The zero-order valence-electron chi connectivity index (χ0n) is 13.6. The van der Waals surface area contributed by atoms with Crippen LogP contribution in [0.4, 0.5) is 9.59 Å². The van der Waals surface area contributed by atoms with Crippen LogP contribution < -0.4 is 10.6 Å². The van der Waals surface area contributed by atoms with Crippen molar-refractivity contribution in [3.63, 3.8) is 0 Å². The summed E-state index contributed by atoms with van der Waals surface area (Å²) in [6, 6.07) is 0.142. The van der Waals surface area contributed by atoms with Gasteiger partial charge in [0, 0.05) is 52.4 Å². The average Bonchev–Trinajstić information content (AvgIpc) is 3.02. The Morgan fingerprint density at radius 2 is 2.09 bits per heavy atom. The molecule has 1 atom stereocenters. The molecular formula is C15H27N5O3. The van der Waals surface area contributed by atoms with Crippen molar-refractivity contribution in [1.82, 2.24) is 25.3 Å². The van der Waals surface area contributed by atoms with E-state index in [2.05, 4.69) is 15.5 Å². The predicted molar refractivity (Wildman–Crippen MR) is 85.4 cm³/mol. The number of rotatable bonds is 4. The van der Waals surface area contributed by atoms with Gasteiger partial charge in [-0.15, -0.1) is 0 Å². The molecule has 3 saturated heterocycles. The molecule has 23 heavy (non-hydrogen) atoms. The fourth-order valence-corrected chi connectivity index (χ4v) is 3.49. The van der Waals surface area contributed by atoms with Crippen molar-refractivity contribution in [2.24, 2.45) is 0 Å². The molecule has 0 unspecified atom stereocenters. The van der Waals surface area contributed by atoms with Gasteiger partial charge >= 0.3 is 12.1 Å². The molecular weight excluding hydrogens is 298 g/mol. The van der Waals surface area contributed by atoms with Crippen molar-refractivity contribution in [2.45, 2.75) is 18.9 Å². The number of hydrogen-bond acceptors (Lipinski definition) is 4. The van der Waals surface area contributed by atoms with E-state index in [1.54, 1.807) is 0 Å². The summed E-state index contributed by atoms with van der Waals surface area (Å²) in [5, 5.41) is 5.84. The topological polar surface area (TPSA) is 77.2 Å². The second kappa shape index (κ2) is 7.83. The van der Waals surface area contributed by atoms with E-state index in [0.29, 0.717) is 19.6 Å². The van der Waals surface area contributed by atoms with E-state index >= 15 is 0 Å². The van der Waals surface area contributed by atoms with Crippen molar-refractivity contribution in [3.8, 4) is 0 Å². The Labute approximate surface area is 137 Å². The lowest BCUT2D eigenvalue weighted by molar-refractivity contribution is 0.0385. The predicted octanol–water partition coefficient (Wildman–Crippen LogP) is -0.482. The maximum absolute atomic E-state index is 12.3. The fourth-order valence-electron chi connectivity index (χ4n) is 3.49. The van der Waals surface area contributed by atoms with Gasteiger partial charge in [-0.05, 0) is 12.8 Å². The van der Waals surface area contributed by atoms with Crippen LogP contribution >= 0.6 is 0 Å². The Morgan fingerprint density at radius 1 is 1.26 bits per heavy atom. The van der Waals surface area contributed by atoms with Gasteiger partial charge in [-0.1, -0.05) is 0 Å². The molecule has 2 N–H and O–H groups in total. The zero-order valence-corrected chi connectivity index (χ0v) is 13.6. The summed E-state index contributed by atoms with van der Waals surface area (Å²) in [5.41, 5.74) is 0. The third-order valence-electron chi connectivity index (χ3n) is 4.82. The van der Waals surface area contributed by atoms with Crippen molar-refractivity contribution in [3.05, 3.63) is 0 Å². The number of amides is 4. The minimum absolute atomic E-state index is 0.00424. The van der Waals surface area contributed by atoms with E-state index in [9.17, 15) is 9.59 Å². The number of hydrogen-bond donors (Lipinski definition) is 2. The quantitative estimate of drug-likeness (QED) is 0.732. The lowest BCUT2D eigenvalue weighted by Gasteiger charge is -2.37. The highest BCUT2D eigenvalue weighted by Crippen LogP contribution is 2.17. The van der Waals surface area contributed by atoms with Gasteiger partial charge in [-0.25, -0.2) is 9.59 Å².